The minimum atomic E-state index is 0.0398. The van der Waals surface area contributed by atoms with Crippen LogP contribution in [0, 0.1) is 0 Å². The van der Waals surface area contributed by atoms with Gasteiger partial charge in [-0.2, -0.15) is 0 Å². The van der Waals surface area contributed by atoms with Gasteiger partial charge in [0.25, 0.3) is 0 Å². The first-order chi connectivity index (χ1) is 8.35. The lowest BCUT2D eigenvalue weighted by molar-refractivity contribution is 0.170. The highest BCUT2D eigenvalue weighted by Gasteiger charge is 2.11. The molecule has 2 aromatic heterocycles. The number of ether oxygens (including phenoxy) is 1. The average Bonchev–Trinajstić information content (AvgIpc) is 2.79. The first-order valence-electron chi connectivity index (χ1n) is 5.53. The highest BCUT2D eigenvalue weighted by Crippen LogP contribution is 2.22. The van der Waals surface area contributed by atoms with Crippen LogP contribution in [0.4, 0.5) is 5.82 Å². The fraction of sp³-hybridized carbons (Fsp3) is 0.417. The maximum atomic E-state index is 8.98. The Bertz CT molecular complexity index is 463. The van der Waals surface area contributed by atoms with Crippen molar-refractivity contribution in [2.24, 2.45) is 0 Å². The van der Waals surface area contributed by atoms with E-state index in [1.165, 1.54) is 0 Å². The molecule has 0 bridgehead atoms. The van der Waals surface area contributed by atoms with Crippen LogP contribution in [0.1, 0.15) is 6.42 Å². The fourth-order valence-electron chi connectivity index (χ4n) is 1.76. The summed E-state index contributed by atoms with van der Waals surface area (Å²) in [7, 11) is 1.64. The van der Waals surface area contributed by atoms with Crippen LogP contribution >= 0.6 is 0 Å². The van der Waals surface area contributed by atoms with Gasteiger partial charge in [0.1, 0.15) is 11.4 Å². The number of nitrogens with zero attached hydrogens (tertiary/aromatic N) is 1. The van der Waals surface area contributed by atoms with Crippen molar-refractivity contribution in [2.75, 3.05) is 25.6 Å². The van der Waals surface area contributed by atoms with Crippen molar-refractivity contribution in [2.45, 2.75) is 12.5 Å². The minimum Gasteiger partial charge on any atom is -0.464 e. The van der Waals surface area contributed by atoms with Crippen LogP contribution in [-0.4, -0.2) is 36.5 Å². The average molecular weight is 236 g/mol. The van der Waals surface area contributed by atoms with E-state index in [0.29, 0.717) is 13.0 Å². The van der Waals surface area contributed by atoms with Crippen LogP contribution in [0.25, 0.3) is 11.0 Å². The van der Waals surface area contributed by atoms with Crippen molar-refractivity contribution >= 4 is 16.8 Å². The van der Waals surface area contributed by atoms with Crippen molar-refractivity contribution < 1.29 is 14.3 Å². The van der Waals surface area contributed by atoms with Crippen molar-refractivity contribution in [3.05, 3.63) is 24.6 Å². The summed E-state index contributed by atoms with van der Waals surface area (Å²) in [5.74, 6) is 0.756. The topological polar surface area (TPSA) is 67.5 Å². The molecule has 5 heteroatoms. The molecule has 1 unspecified atom stereocenters. The third-order valence-corrected chi connectivity index (χ3v) is 2.57. The molecule has 0 fully saturated rings. The fourth-order valence-corrected chi connectivity index (χ4v) is 1.76. The van der Waals surface area contributed by atoms with Crippen LogP contribution in [0.5, 0.6) is 0 Å². The Kier molecular flexibility index (Phi) is 3.95. The van der Waals surface area contributed by atoms with Gasteiger partial charge < -0.3 is 19.6 Å². The molecule has 0 aliphatic heterocycles. The third kappa shape index (κ3) is 2.75. The van der Waals surface area contributed by atoms with Crippen LogP contribution in [0.2, 0.25) is 0 Å². The van der Waals surface area contributed by atoms with E-state index in [0.717, 1.165) is 16.8 Å². The number of aromatic nitrogens is 1. The van der Waals surface area contributed by atoms with E-state index in [2.05, 4.69) is 10.3 Å². The zero-order valence-electron chi connectivity index (χ0n) is 9.72. The molecule has 0 saturated heterocycles. The zero-order chi connectivity index (χ0) is 12.1. The van der Waals surface area contributed by atoms with Crippen molar-refractivity contribution in [3.63, 3.8) is 0 Å². The van der Waals surface area contributed by atoms with Crippen LogP contribution in [0.3, 0.4) is 0 Å². The molecule has 0 aliphatic carbocycles. The molecule has 0 aromatic carbocycles. The summed E-state index contributed by atoms with van der Waals surface area (Å²) < 4.78 is 10.4. The number of pyridine rings is 1. The van der Waals surface area contributed by atoms with E-state index in [1.807, 2.05) is 12.1 Å². The summed E-state index contributed by atoms with van der Waals surface area (Å²) >= 11 is 0. The number of nitrogens with one attached hydrogen (secondary N) is 1. The maximum absolute atomic E-state index is 8.98. The predicted molar refractivity (Wildman–Crippen MR) is 65.0 cm³/mol. The highest BCUT2D eigenvalue weighted by atomic mass is 16.5. The van der Waals surface area contributed by atoms with Gasteiger partial charge in [0.15, 0.2) is 0 Å². The summed E-state index contributed by atoms with van der Waals surface area (Å²) in [5, 5.41) is 13.2. The molecular weight excluding hydrogens is 220 g/mol. The SMILES string of the molecule is COCC(CCO)Nc1nccc2occc12. The lowest BCUT2D eigenvalue weighted by Gasteiger charge is -2.17. The Labute approximate surface area is 99.4 Å². The molecule has 0 saturated carbocycles. The van der Waals surface area contributed by atoms with Gasteiger partial charge in [0.05, 0.1) is 24.3 Å². The van der Waals surface area contributed by atoms with E-state index in [9.17, 15) is 0 Å². The quantitative estimate of drug-likeness (QED) is 0.798. The Hall–Kier alpha value is -1.59. The van der Waals surface area contributed by atoms with Gasteiger partial charge >= 0.3 is 0 Å². The number of anilines is 1. The molecule has 5 nitrogen and oxygen atoms in total. The molecular formula is C12H16N2O3. The van der Waals surface area contributed by atoms with Gasteiger partial charge in [-0.3, -0.25) is 0 Å². The molecule has 2 heterocycles. The van der Waals surface area contributed by atoms with Gasteiger partial charge in [-0.25, -0.2) is 4.98 Å². The molecule has 0 aliphatic rings. The van der Waals surface area contributed by atoms with Gasteiger partial charge in [-0.05, 0) is 18.6 Å². The normalized spacial score (nSPS) is 12.8. The smallest absolute Gasteiger partial charge is 0.139 e. The van der Waals surface area contributed by atoms with E-state index >= 15 is 0 Å². The molecule has 0 amide bonds. The van der Waals surface area contributed by atoms with E-state index in [4.69, 9.17) is 14.3 Å². The summed E-state index contributed by atoms with van der Waals surface area (Å²) in [5.41, 5.74) is 0.794. The molecule has 0 spiro atoms. The van der Waals surface area contributed by atoms with Crippen molar-refractivity contribution in [3.8, 4) is 0 Å². The summed E-state index contributed by atoms with van der Waals surface area (Å²) in [6.45, 7) is 0.638. The van der Waals surface area contributed by atoms with Gasteiger partial charge in [0, 0.05) is 19.9 Å². The number of fused-ring (bicyclic) bond motifs is 1. The molecule has 17 heavy (non-hydrogen) atoms. The standard InChI is InChI=1S/C12H16N2O3/c1-16-8-9(3-6-15)14-12-10-4-7-17-11(10)2-5-13-12/h2,4-5,7,9,15H,3,6,8H2,1H3,(H,13,14). The largest absolute Gasteiger partial charge is 0.464 e. The minimum absolute atomic E-state index is 0.0398. The second-order valence-corrected chi connectivity index (χ2v) is 3.80. The summed E-state index contributed by atoms with van der Waals surface area (Å²) in [6.07, 6.45) is 3.94. The zero-order valence-corrected chi connectivity index (χ0v) is 9.72. The number of hydrogen-bond acceptors (Lipinski definition) is 5. The summed E-state index contributed by atoms with van der Waals surface area (Å²) in [4.78, 5) is 4.28. The van der Waals surface area contributed by atoms with Gasteiger partial charge in [0.2, 0.25) is 0 Å². The first kappa shape index (κ1) is 11.9. The van der Waals surface area contributed by atoms with Crippen LogP contribution in [-0.2, 0) is 4.74 Å². The van der Waals surface area contributed by atoms with E-state index in [-0.39, 0.29) is 12.6 Å². The van der Waals surface area contributed by atoms with E-state index < -0.39 is 0 Å². The molecule has 2 rings (SSSR count). The number of aliphatic hydroxyl groups excluding tert-OH is 1. The molecule has 2 N–H and O–H groups in total. The molecule has 1 atom stereocenters. The Morgan fingerprint density at radius 3 is 3.18 bits per heavy atom. The van der Waals surface area contributed by atoms with Crippen molar-refractivity contribution in [1.82, 2.24) is 4.98 Å². The Morgan fingerprint density at radius 1 is 1.53 bits per heavy atom. The maximum Gasteiger partial charge on any atom is 0.139 e. The number of rotatable bonds is 6. The number of methoxy groups -OCH3 is 1. The predicted octanol–water partition coefficient (Wildman–Crippen LogP) is 1.64. The van der Waals surface area contributed by atoms with Crippen LogP contribution < -0.4 is 5.32 Å². The van der Waals surface area contributed by atoms with E-state index in [1.54, 1.807) is 19.6 Å². The lowest BCUT2D eigenvalue weighted by Crippen LogP contribution is -2.26. The second-order valence-electron chi connectivity index (χ2n) is 3.80. The molecule has 2 aromatic rings. The van der Waals surface area contributed by atoms with Gasteiger partial charge in [-0.15, -0.1) is 0 Å². The number of aliphatic hydroxyl groups is 1. The first-order valence-corrected chi connectivity index (χ1v) is 5.53. The molecule has 92 valence electrons. The second kappa shape index (κ2) is 5.65. The van der Waals surface area contributed by atoms with Crippen LogP contribution in [0.15, 0.2) is 29.0 Å². The Morgan fingerprint density at radius 2 is 2.41 bits per heavy atom. The third-order valence-electron chi connectivity index (χ3n) is 2.57. The Balaban J connectivity index is 2.18. The molecule has 0 radical (unpaired) electrons. The highest BCUT2D eigenvalue weighted by molar-refractivity contribution is 5.87. The number of furan rings is 1. The number of hydrogen-bond donors (Lipinski definition) is 2. The summed E-state index contributed by atoms with van der Waals surface area (Å²) in [6, 6.07) is 3.73. The monoisotopic (exact) mass is 236 g/mol. The van der Waals surface area contributed by atoms with Gasteiger partial charge in [-0.1, -0.05) is 0 Å². The van der Waals surface area contributed by atoms with Crippen molar-refractivity contribution in [1.29, 1.82) is 0 Å². The lowest BCUT2D eigenvalue weighted by atomic mass is 10.2.